The molecule has 0 unspecified atom stereocenters. The van der Waals surface area contributed by atoms with Crippen LogP contribution in [0.1, 0.15) is 28.7 Å². The zero-order chi connectivity index (χ0) is 19.6. The highest BCUT2D eigenvalue weighted by Crippen LogP contribution is 2.22. The van der Waals surface area contributed by atoms with E-state index in [0.29, 0.717) is 0 Å². The second-order valence-corrected chi connectivity index (χ2v) is 7.30. The third-order valence-corrected chi connectivity index (χ3v) is 5.08. The summed E-state index contributed by atoms with van der Waals surface area (Å²) in [5, 5.41) is 0. The van der Waals surface area contributed by atoms with Crippen LogP contribution in [0.2, 0.25) is 0 Å². The van der Waals surface area contributed by atoms with E-state index in [4.69, 9.17) is 5.73 Å². The number of allylic oxidation sites excluding steroid dienone is 3. The normalized spacial score (nSPS) is 12.2. The van der Waals surface area contributed by atoms with Crippen molar-refractivity contribution in [2.75, 3.05) is 0 Å². The highest BCUT2D eigenvalue weighted by molar-refractivity contribution is 5.36. The molecule has 0 atom stereocenters. The Bertz CT molecular complexity index is 903. The van der Waals surface area contributed by atoms with E-state index in [0.717, 1.165) is 25.7 Å². The number of benzene rings is 3. The van der Waals surface area contributed by atoms with Crippen molar-refractivity contribution >= 4 is 0 Å². The van der Waals surface area contributed by atoms with Crippen LogP contribution in [0.15, 0.2) is 108 Å². The van der Waals surface area contributed by atoms with Gasteiger partial charge in [-0.3, -0.25) is 0 Å². The third kappa shape index (κ3) is 5.99. The quantitative estimate of drug-likeness (QED) is 0.473. The van der Waals surface area contributed by atoms with Gasteiger partial charge in [0.2, 0.25) is 0 Å². The average molecular weight is 368 g/mol. The lowest BCUT2D eigenvalue weighted by atomic mass is 9.90. The maximum absolute atomic E-state index is 5.83. The molecule has 0 aliphatic carbocycles. The first-order chi connectivity index (χ1) is 13.7. The lowest BCUT2D eigenvalue weighted by Gasteiger charge is -2.15. The minimum absolute atomic E-state index is 0.948. The van der Waals surface area contributed by atoms with Gasteiger partial charge in [0.05, 0.1) is 0 Å². The van der Waals surface area contributed by atoms with Gasteiger partial charge in [-0.05, 0) is 67.1 Å². The first-order valence-electron chi connectivity index (χ1n) is 9.97. The second kappa shape index (κ2) is 10.3. The molecule has 0 aliphatic rings. The third-order valence-electron chi connectivity index (χ3n) is 5.08. The zero-order valence-corrected chi connectivity index (χ0v) is 16.6. The second-order valence-electron chi connectivity index (χ2n) is 7.30. The van der Waals surface area contributed by atoms with Gasteiger partial charge < -0.3 is 5.73 Å². The first-order valence-corrected chi connectivity index (χ1v) is 9.97. The van der Waals surface area contributed by atoms with Crippen LogP contribution in [0.25, 0.3) is 0 Å². The molecule has 0 heterocycles. The Morgan fingerprint density at radius 1 is 0.714 bits per heavy atom. The van der Waals surface area contributed by atoms with E-state index in [-0.39, 0.29) is 0 Å². The van der Waals surface area contributed by atoms with Crippen molar-refractivity contribution < 1.29 is 0 Å². The van der Waals surface area contributed by atoms with Gasteiger partial charge in [-0.2, -0.15) is 0 Å². The summed E-state index contributed by atoms with van der Waals surface area (Å²) in [5.41, 5.74) is 14.0. The molecule has 0 saturated carbocycles. The van der Waals surface area contributed by atoms with Crippen molar-refractivity contribution in [1.82, 2.24) is 0 Å². The van der Waals surface area contributed by atoms with Crippen LogP contribution in [-0.2, 0) is 19.3 Å². The molecule has 1 heteroatoms. The highest BCUT2D eigenvalue weighted by atomic mass is 14.5. The summed E-state index contributed by atoms with van der Waals surface area (Å²) >= 11 is 0. The predicted molar refractivity (Wildman–Crippen MR) is 120 cm³/mol. The van der Waals surface area contributed by atoms with Gasteiger partial charge in [0.25, 0.3) is 0 Å². The molecular formula is C27H29N. The van der Waals surface area contributed by atoms with E-state index in [2.05, 4.69) is 97.9 Å². The molecule has 0 aliphatic heterocycles. The SMILES string of the molecule is Cc1ccc(C/C(Cc2ccccc2)=C(/C=C\N)CCc2ccccc2)cc1. The van der Waals surface area contributed by atoms with Gasteiger partial charge in [-0.15, -0.1) is 0 Å². The molecule has 3 aromatic carbocycles. The molecular weight excluding hydrogens is 338 g/mol. The fourth-order valence-electron chi connectivity index (χ4n) is 3.50. The molecule has 3 aromatic rings. The summed E-state index contributed by atoms with van der Waals surface area (Å²) in [7, 11) is 0. The van der Waals surface area contributed by atoms with Crippen LogP contribution in [0, 0.1) is 6.92 Å². The Labute approximate surface area is 169 Å². The maximum atomic E-state index is 5.83. The molecule has 0 aromatic heterocycles. The predicted octanol–water partition coefficient (Wildman–Crippen LogP) is 6.18. The largest absolute Gasteiger partial charge is 0.405 e. The molecule has 0 spiro atoms. The van der Waals surface area contributed by atoms with E-state index >= 15 is 0 Å². The van der Waals surface area contributed by atoms with E-state index in [1.54, 1.807) is 6.20 Å². The van der Waals surface area contributed by atoms with Crippen LogP contribution < -0.4 is 5.73 Å². The summed E-state index contributed by atoms with van der Waals surface area (Å²) < 4.78 is 0. The number of hydrogen-bond acceptors (Lipinski definition) is 1. The summed E-state index contributed by atoms with van der Waals surface area (Å²) in [5.74, 6) is 0. The minimum atomic E-state index is 0.948. The summed E-state index contributed by atoms with van der Waals surface area (Å²) in [6, 6.07) is 30.2. The Balaban J connectivity index is 1.89. The van der Waals surface area contributed by atoms with Crippen molar-refractivity contribution in [1.29, 1.82) is 0 Å². The van der Waals surface area contributed by atoms with Gasteiger partial charge in [0.15, 0.2) is 0 Å². The molecule has 0 saturated heterocycles. The molecule has 2 N–H and O–H groups in total. The van der Waals surface area contributed by atoms with Gasteiger partial charge in [0.1, 0.15) is 0 Å². The van der Waals surface area contributed by atoms with Gasteiger partial charge in [-0.25, -0.2) is 0 Å². The summed E-state index contributed by atoms with van der Waals surface area (Å²) in [6.45, 7) is 2.13. The smallest absolute Gasteiger partial charge is 0.00579 e. The Morgan fingerprint density at radius 2 is 1.25 bits per heavy atom. The average Bonchev–Trinajstić information content (AvgIpc) is 2.74. The van der Waals surface area contributed by atoms with Crippen molar-refractivity contribution in [3.05, 3.63) is 131 Å². The standard InChI is InChI=1S/C27H29N/c1-22-12-14-25(15-13-22)21-27(20-24-10-6-3-7-11-24)26(18-19-28)17-16-23-8-4-2-5-9-23/h2-15,18-19H,16-17,20-21,28H2,1H3/b19-18-,27-26+. The summed E-state index contributed by atoms with van der Waals surface area (Å²) in [4.78, 5) is 0. The lowest BCUT2D eigenvalue weighted by molar-refractivity contribution is 0.907. The van der Waals surface area contributed by atoms with E-state index in [1.807, 2.05) is 0 Å². The first kappa shape index (κ1) is 19.7. The molecule has 1 nitrogen and oxygen atoms in total. The van der Waals surface area contributed by atoms with Gasteiger partial charge in [-0.1, -0.05) is 96.1 Å². The fraction of sp³-hybridized carbons (Fsp3) is 0.185. The van der Waals surface area contributed by atoms with Crippen molar-refractivity contribution in [3.8, 4) is 0 Å². The Kier molecular flexibility index (Phi) is 7.26. The Morgan fingerprint density at radius 3 is 1.82 bits per heavy atom. The molecule has 28 heavy (non-hydrogen) atoms. The van der Waals surface area contributed by atoms with Crippen molar-refractivity contribution in [2.24, 2.45) is 5.73 Å². The summed E-state index contributed by atoms with van der Waals surface area (Å²) in [6.07, 6.45) is 7.68. The lowest BCUT2D eigenvalue weighted by Crippen LogP contribution is -2.02. The van der Waals surface area contributed by atoms with Crippen molar-refractivity contribution in [2.45, 2.75) is 32.6 Å². The Hall–Kier alpha value is -3.06. The zero-order valence-electron chi connectivity index (χ0n) is 16.6. The number of aryl methyl sites for hydroxylation is 2. The molecule has 0 radical (unpaired) electrons. The van der Waals surface area contributed by atoms with Crippen LogP contribution >= 0.6 is 0 Å². The van der Waals surface area contributed by atoms with E-state index < -0.39 is 0 Å². The minimum Gasteiger partial charge on any atom is -0.405 e. The molecule has 0 bridgehead atoms. The van der Waals surface area contributed by atoms with E-state index in [9.17, 15) is 0 Å². The molecule has 0 amide bonds. The number of hydrogen-bond donors (Lipinski definition) is 1. The van der Waals surface area contributed by atoms with Crippen LogP contribution in [-0.4, -0.2) is 0 Å². The van der Waals surface area contributed by atoms with Crippen LogP contribution in [0.4, 0.5) is 0 Å². The van der Waals surface area contributed by atoms with Crippen LogP contribution in [0.3, 0.4) is 0 Å². The monoisotopic (exact) mass is 367 g/mol. The van der Waals surface area contributed by atoms with Crippen molar-refractivity contribution in [3.63, 3.8) is 0 Å². The topological polar surface area (TPSA) is 26.0 Å². The number of rotatable bonds is 8. The highest BCUT2D eigenvalue weighted by Gasteiger charge is 2.09. The molecule has 3 rings (SSSR count). The molecule has 142 valence electrons. The fourth-order valence-corrected chi connectivity index (χ4v) is 3.50. The van der Waals surface area contributed by atoms with Crippen LogP contribution in [0.5, 0.6) is 0 Å². The van der Waals surface area contributed by atoms with E-state index in [1.165, 1.54) is 33.4 Å². The van der Waals surface area contributed by atoms with Gasteiger partial charge >= 0.3 is 0 Å². The maximum Gasteiger partial charge on any atom is -0.00579 e. The van der Waals surface area contributed by atoms with Gasteiger partial charge in [0, 0.05) is 0 Å². The number of nitrogens with two attached hydrogens (primary N) is 1. The molecule has 0 fully saturated rings.